The molecule has 2 heterocycles. The third-order valence-corrected chi connectivity index (χ3v) is 2.65. The predicted molar refractivity (Wildman–Crippen MR) is 64.8 cm³/mol. The molecule has 100 valence electrons. The van der Waals surface area contributed by atoms with Gasteiger partial charge in [-0.25, -0.2) is 4.79 Å². The second-order valence-electron chi connectivity index (χ2n) is 4.02. The number of hydrogen-bond acceptors (Lipinski definition) is 7. The second-order valence-corrected chi connectivity index (χ2v) is 4.02. The maximum absolute atomic E-state index is 11.3. The molecular weight excluding hydrogens is 250 g/mol. The molecule has 0 bridgehead atoms. The van der Waals surface area contributed by atoms with Crippen LogP contribution in [0, 0.1) is 20.8 Å². The van der Waals surface area contributed by atoms with Gasteiger partial charge in [-0.2, -0.15) is 10.1 Å². The molecule has 0 aliphatic carbocycles. The highest BCUT2D eigenvalue weighted by Gasteiger charge is 2.17. The fourth-order valence-electron chi connectivity index (χ4n) is 1.57. The minimum absolute atomic E-state index is 0.104. The fraction of sp³-hybridized carbons (Fsp3) is 0.364. The van der Waals surface area contributed by atoms with Gasteiger partial charge in [0.1, 0.15) is 5.56 Å². The van der Waals surface area contributed by atoms with Crippen LogP contribution in [0.2, 0.25) is 0 Å². The standard InChI is InChI=1S/C11H13N5O3/c1-5-6(2)14-15-10(9(5)11(17)18)12-4-8-13-7(3)19-16-8/h4H2,1-3H3,(H,12,15)(H,17,18). The molecule has 2 rings (SSSR count). The molecule has 0 aliphatic heterocycles. The molecule has 2 aromatic heterocycles. The van der Waals surface area contributed by atoms with E-state index < -0.39 is 5.97 Å². The summed E-state index contributed by atoms with van der Waals surface area (Å²) in [5.41, 5.74) is 1.26. The van der Waals surface area contributed by atoms with E-state index in [4.69, 9.17) is 4.52 Å². The molecule has 0 radical (unpaired) electrons. The summed E-state index contributed by atoms with van der Waals surface area (Å²) in [6.07, 6.45) is 0. The van der Waals surface area contributed by atoms with E-state index in [1.54, 1.807) is 20.8 Å². The summed E-state index contributed by atoms with van der Waals surface area (Å²) in [5.74, 6) is 0.00985. The van der Waals surface area contributed by atoms with Crippen molar-refractivity contribution in [3.05, 3.63) is 28.5 Å². The van der Waals surface area contributed by atoms with Crippen LogP contribution in [0.25, 0.3) is 0 Å². The van der Waals surface area contributed by atoms with Gasteiger partial charge in [-0.15, -0.1) is 5.10 Å². The average Bonchev–Trinajstić information content (AvgIpc) is 2.76. The van der Waals surface area contributed by atoms with Gasteiger partial charge in [0, 0.05) is 6.92 Å². The Labute approximate surface area is 108 Å². The number of rotatable bonds is 4. The topological polar surface area (TPSA) is 114 Å². The number of nitrogens with zero attached hydrogens (tertiary/aromatic N) is 4. The highest BCUT2D eigenvalue weighted by Crippen LogP contribution is 2.18. The van der Waals surface area contributed by atoms with Crippen LogP contribution in [0.3, 0.4) is 0 Å². The number of aryl methyl sites for hydroxylation is 2. The van der Waals surface area contributed by atoms with E-state index in [1.165, 1.54) is 0 Å². The van der Waals surface area contributed by atoms with E-state index in [0.29, 0.717) is 23.0 Å². The molecular formula is C11H13N5O3. The van der Waals surface area contributed by atoms with Gasteiger partial charge < -0.3 is 14.9 Å². The number of carboxylic acids is 1. The molecule has 0 saturated carbocycles. The van der Waals surface area contributed by atoms with Crippen molar-refractivity contribution in [1.29, 1.82) is 0 Å². The smallest absolute Gasteiger partial charge is 0.339 e. The Morgan fingerprint density at radius 3 is 2.63 bits per heavy atom. The summed E-state index contributed by atoms with van der Waals surface area (Å²) in [5, 5.41) is 23.5. The summed E-state index contributed by atoms with van der Waals surface area (Å²) in [6, 6.07) is 0. The van der Waals surface area contributed by atoms with Crippen LogP contribution in [-0.4, -0.2) is 31.4 Å². The lowest BCUT2D eigenvalue weighted by Gasteiger charge is -2.09. The zero-order chi connectivity index (χ0) is 14.0. The van der Waals surface area contributed by atoms with Crippen LogP contribution in [0.4, 0.5) is 5.82 Å². The molecule has 0 unspecified atom stereocenters. The van der Waals surface area contributed by atoms with Gasteiger partial charge in [0.2, 0.25) is 5.89 Å². The molecule has 0 aromatic carbocycles. The summed E-state index contributed by atoms with van der Waals surface area (Å²) >= 11 is 0. The van der Waals surface area contributed by atoms with Gasteiger partial charge in [-0.3, -0.25) is 0 Å². The highest BCUT2D eigenvalue weighted by atomic mass is 16.5. The number of hydrogen-bond donors (Lipinski definition) is 2. The zero-order valence-corrected chi connectivity index (χ0v) is 10.8. The first-order valence-electron chi connectivity index (χ1n) is 5.59. The van der Waals surface area contributed by atoms with Crippen LogP contribution >= 0.6 is 0 Å². The maximum Gasteiger partial charge on any atom is 0.339 e. The van der Waals surface area contributed by atoms with Gasteiger partial charge in [-0.05, 0) is 19.4 Å². The number of carbonyl (C=O) groups is 1. The SMILES string of the molecule is Cc1nc(CNc2nnc(C)c(C)c2C(=O)O)no1. The lowest BCUT2D eigenvalue weighted by Crippen LogP contribution is -2.13. The van der Waals surface area contributed by atoms with Gasteiger partial charge >= 0.3 is 5.97 Å². The molecule has 0 atom stereocenters. The quantitative estimate of drug-likeness (QED) is 0.842. The van der Waals surface area contributed by atoms with E-state index >= 15 is 0 Å². The molecule has 0 saturated heterocycles. The largest absolute Gasteiger partial charge is 0.478 e. The Hall–Kier alpha value is -2.51. The van der Waals surface area contributed by atoms with E-state index in [9.17, 15) is 9.90 Å². The maximum atomic E-state index is 11.3. The number of carboxylic acid groups (broad SMARTS) is 1. The summed E-state index contributed by atoms with van der Waals surface area (Å²) in [4.78, 5) is 15.3. The van der Waals surface area contributed by atoms with Gasteiger partial charge in [0.05, 0.1) is 12.2 Å². The molecule has 19 heavy (non-hydrogen) atoms. The zero-order valence-electron chi connectivity index (χ0n) is 10.8. The van der Waals surface area contributed by atoms with Crippen LogP contribution < -0.4 is 5.32 Å². The second kappa shape index (κ2) is 5.01. The third-order valence-electron chi connectivity index (χ3n) is 2.65. The van der Waals surface area contributed by atoms with Gasteiger partial charge in [0.15, 0.2) is 11.6 Å². The molecule has 2 N–H and O–H groups in total. The lowest BCUT2D eigenvalue weighted by molar-refractivity contribution is 0.0696. The summed E-state index contributed by atoms with van der Waals surface area (Å²) in [7, 11) is 0. The Kier molecular flexibility index (Phi) is 3.41. The Balaban J connectivity index is 2.25. The monoisotopic (exact) mass is 263 g/mol. The fourth-order valence-corrected chi connectivity index (χ4v) is 1.57. The van der Waals surface area contributed by atoms with E-state index in [1.807, 2.05) is 0 Å². The Bertz CT molecular complexity index is 623. The van der Waals surface area contributed by atoms with Gasteiger partial charge in [0.25, 0.3) is 0 Å². The molecule has 0 spiro atoms. The van der Waals surface area contributed by atoms with Crippen molar-refractivity contribution in [2.45, 2.75) is 27.3 Å². The van der Waals surface area contributed by atoms with Crippen LogP contribution in [0.15, 0.2) is 4.52 Å². The third kappa shape index (κ3) is 2.67. The van der Waals surface area contributed by atoms with E-state index in [2.05, 4.69) is 25.7 Å². The number of aromatic nitrogens is 4. The highest BCUT2D eigenvalue weighted by molar-refractivity contribution is 5.94. The summed E-state index contributed by atoms with van der Waals surface area (Å²) in [6.45, 7) is 5.29. The van der Waals surface area contributed by atoms with Crippen molar-refractivity contribution in [3.8, 4) is 0 Å². The normalized spacial score (nSPS) is 10.5. The van der Waals surface area contributed by atoms with Crippen molar-refractivity contribution in [1.82, 2.24) is 20.3 Å². The number of anilines is 1. The predicted octanol–water partition coefficient (Wildman–Crippen LogP) is 1.10. The van der Waals surface area contributed by atoms with Crippen LogP contribution in [-0.2, 0) is 6.54 Å². The summed E-state index contributed by atoms with van der Waals surface area (Å²) < 4.78 is 4.82. The molecule has 0 amide bonds. The molecule has 8 nitrogen and oxygen atoms in total. The van der Waals surface area contributed by atoms with Crippen molar-refractivity contribution < 1.29 is 14.4 Å². The molecule has 0 fully saturated rings. The van der Waals surface area contributed by atoms with Gasteiger partial charge in [-0.1, -0.05) is 5.16 Å². The van der Waals surface area contributed by atoms with E-state index in [-0.39, 0.29) is 17.9 Å². The van der Waals surface area contributed by atoms with Crippen molar-refractivity contribution in [3.63, 3.8) is 0 Å². The number of aromatic carboxylic acids is 1. The first-order chi connectivity index (χ1) is 8.99. The molecule has 0 aliphatic rings. The minimum atomic E-state index is -1.05. The molecule has 8 heteroatoms. The van der Waals surface area contributed by atoms with Crippen molar-refractivity contribution in [2.75, 3.05) is 5.32 Å². The average molecular weight is 263 g/mol. The minimum Gasteiger partial charge on any atom is -0.478 e. The van der Waals surface area contributed by atoms with E-state index in [0.717, 1.165) is 0 Å². The van der Waals surface area contributed by atoms with Crippen LogP contribution in [0.1, 0.15) is 33.3 Å². The van der Waals surface area contributed by atoms with Crippen LogP contribution in [0.5, 0.6) is 0 Å². The lowest BCUT2D eigenvalue weighted by atomic mass is 10.1. The number of nitrogens with one attached hydrogen (secondary N) is 1. The van der Waals surface area contributed by atoms with Crippen molar-refractivity contribution >= 4 is 11.8 Å². The van der Waals surface area contributed by atoms with Crippen molar-refractivity contribution in [2.24, 2.45) is 0 Å². The first kappa shape index (κ1) is 12.9. The first-order valence-corrected chi connectivity index (χ1v) is 5.59. The Morgan fingerprint density at radius 1 is 1.32 bits per heavy atom. The molecule has 2 aromatic rings. The Morgan fingerprint density at radius 2 is 2.05 bits per heavy atom.